The van der Waals surface area contributed by atoms with Gasteiger partial charge >= 0.3 is 0 Å². The van der Waals surface area contributed by atoms with Crippen LogP contribution in [-0.2, 0) is 6.54 Å². The lowest BCUT2D eigenvalue weighted by Gasteiger charge is -2.32. The first-order chi connectivity index (χ1) is 16.1. The highest BCUT2D eigenvalue weighted by Gasteiger charge is 2.22. The average Bonchev–Trinajstić information content (AvgIpc) is 3.22. The maximum Gasteiger partial charge on any atom is 0.226 e. The van der Waals surface area contributed by atoms with Crippen molar-refractivity contribution < 1.29 is 4.42 Å². The number of hydrogen-bond acceptors (Lipinski definition) is 6. The van der Waals surface area contributed by atoms with Gasteiger partial charge in [0.25, 0.3) is 0 Å². The van der Waals surface area contributed by atoms with Gasteiger partial charge in [-0.3, -0.25) is 4.90 Å². The van der Waals surface area contributed by atoms with E-state index in [-0.39, 0.29) is 0 Å². The Balaban J connectivity index is 1.12. The van der Waals surface area contributed by atoms with E-state index in [1.54, 1.807) is 0 Å². The van der Waals surface area contributed by atoms with Crippen molar-refractivity contribution in [2.24, 2.45) is 0 Å². The highest BCUT2D eigenvalue weighted by molar-refractivity contribution is 6.30. The normalized spacial score (nSPS) is 17.9. The summed E-state index contributed by atoms with van der Waals surface area (Å²) in [5.74, 6) is 2.53. The fraction of sp³-hybridized carbons (Fsp3) is 0.462. The van der Waals surface area contributed by atoms with Crippen LogP contribution in [0.5, 0.6) is 0 Å². The van der Waals surface area contributed by atoms with Crippen molar-refractivity contribution in [1.82, 2.24) is 14.9 Å². The van der Waals surface area contributed by atoms with Crippen molar-refractivity contribution in [3.05, 3.63) is 59.1 Å². The molecule has 33 heavy (non-hydrogen) atoms. The van der Waals surface area contributed by atoms with Gasteiger partial charge in [0.15, 0.2) is 0 Å². The third-order valence-electron chi connectivity index (χ3n) is 6.77. The summed E-state index contributed by atoms with van der Waals surface area (Å²) in [5.41, 5.74) is 3.22. The molecule has 3 aromatic rings. The summed E-state index contributed by atoms with van der Waals surface area (Å²) >= 11 is 6.00. The lowest BCUT2D eigenvalue weighted by molar-refractivity contribution is 0.208. The van der Waals surface area contributed by atoms with Crippen molar-refractivity contribution in [2.45, 2.75) is 51.6 Å². The number of aromatic nitrogens is 2. The first-order valence-corrected chi connectivity index (χ1v) is 12.4. The van der Waals surface area contributed by atoms with E-state index in [1.807, 2.05) is 37.4 Å². The lowest BCUT2D eigenvalue weighted by atomic mass is 10.0. The minimum absolute atomic E-state index is 0.456. The molecule has 2 saturated heterocycles. The van der Waals surface area contributed by atoms with Crippen molar-refractivity contribution in [3.63, 3.8) is 0 Å². The van der Waals surface area contributed by atoms with Crippen LogP contribution >= 0.6 is 11.6 Å². The van der Waals surface area contributed by atoms with E-state index in [2.05, 4.69) is 32.2 Å². The number of oxazole rings is 1. The lowest BCUT2D eigenvalue weighted by Crippen LogP contribution is -2.39. The number of nitrogens with zero attached hydrogens (tertiary/aromatic N) is 4. The molecule has 0 aliphatic carbocycles. The molecule has 0 unspecified atom stereocenters. The molecule has 174 valence electrons. The van der Waals surface area contributed by atoms with Crippen molar-refractivity contribution in [2.75, 3.05) is 36.4 Å². The molecule has 0 radical (unpaired) electrons. The van der Waals surface area contributed by atoms with Crippen LogP contribution in [0, 0.1) is 6.92 Å². The van der Waals surface area contributed by atoms with Crippen LogP contribution in [-0.4, -0.2) is 47.1 Å². The number of halogens is 1. The Morgan fingerprint density at radius 1 is 1.00 bits per heavy atom. The smallest absolute Gasteiger partial charge is 0.226 e. The first-order valence-electron chi connectivity index (χ1n) is 12.1. The number of aryl methyl sites for hydroxylation is 1. The molecule has 1 N–H and O–H groups in total. The first kappa shape index (κ1) is 22.2. The van der Waals surface area contributed by atoms with E-state index in [0.717, 1.165) is 68.4 Å². The molecule has 2 aliphatic heterocycles. The predicted octanol–water partition coefficient (Wildman–Crippen LogP) is 5.77. The maximum atomic E-state index is 6.00. The Hall–Kier alpha value is -2.57. The molecule has 0 amide bonds. The minimum atomic E-state index is 0.456. The number of hydrogen-bond donors (Lipinski definition) is 1. The third kappa shape index (κ3) is 5.50. The summed E-state index contributed by atoms with van der Waals surface area (Å²) in [6, 6.07) is 12.4. The summed E-state index contributed by atoms with van der Waals surface area (Å²) in [7, 11) is 0. The Morgan fingerprint density at radius 2 is 1.76 bits per heavy atom. The summed E-state index contributed by atoms with van der Waals surface area (Å²) in [6.07, 6.45) is 8.13. The zero-order chi connectivity index (χ0) is 22.6. The Labute approximate surface area is 201 Å². The van der Waals surface area contributed by atoms with Gasteiger partial charge < -0.3 is 14.6 Å². The number of pyridine rings is 1. The fourth-order valence-corrected chi connectivity index (χ4v) is 4.88. The Morgan fingerprint density at radius 3 is 2.45 bits per heavy atom. The van der Waals surface area contributed by atoms with Gasteiger partial charge in [0.1, 0.15) is 11.6 Å². The van der Waals surface area contributed by atoms with Crippen LogP contribution in [0.1, 0.15) is 43.6 Å². The molecule has 7 heteroatoms. The highest BCUT2D eigenvalue weighted by atomic mass is 35.5. The van der Waals surface area contributed by atoms with E-state index >= 15 is 0 Å². The maximum absolute atomic E-state index is 6.00. The molecular weight excluding hydrogens is 434 g/mol. The predicted molar refractivity (Wildman–Crippen MR) is 134 cm³/mol. The van der Waals surface area contributed by atoms with Gasteiger partial charge in [-0.05, 0) is 75.4 Å². The number of piperidine rings is 2. The molecule has 0 atom stereocenters. The van der Waals surface area contributed by atoms with Gasteiger partial charge in [-0.2, -0.15) is 0 Å². The monoisotopic (exact) mass is 465 g/mol. The largest absolute Gasteiger partial charge is 0.441 e. The number of rotatable bonds is 6. The van der Waals surface area contributed by atoms with E-state index in [9.17, 15) is 0 Å². The molecule has 0 spiro atoms. The topological polar surface area (TPSA) is 57.4 Å². The molecule has 4 heterocycles. The average molecular weight is 466 g/mol. The molecule has 6 nitrogen and oxygen atoms in total. The van der Waals surface area contributed by atoms with Crippen LogP contribution < -0.4 is 10.2 Å². The van der Waals surface area contributed by atoms with Gasteiger partial charge in [-0.25, -0.2) is 9.97 Å². The molecule has 2 fully saturated rings. The molecule has 0 saturated carbocycles. The van der Waals surface area contributed by atoms with Crippen LogP contribution in [0.3, 0.4) is 0 Å². The van der Waals surface area contributed by atoms with Gasteiger partial charge in [0, 0.05) is 49.4 Å². The van der Waals surface area contributed by atoms with E-state index in [4.69, 9.17) is 21.0 Å². The standard InChI is InChI=1S/C26H32ClN5O/c1-19-24(30-26(33-19)20-5-7-21(27)8-6-20)18-31-15-11-22(12-16-31)29-25-10-9-23(17-28-25)32-13-3-2-4-14-32/h5-10,17,22H,2-4,11-16,18H2,1H3,(H,28,29). The van der Waals surface area contributed by atoms with Gasteiger partial charge in [0.2, 0.25) is 5.89 Å². The third-order valence-corrected chi connectivity index (χ3v) is 7.02. The molecule has 5 rings (SSSR count). The second kappa shape index (κ2) is 10.1. The van der Waals surface area contributed by atoms with Gasteiger partial charge in [-0.15, -0.1) is 0 Å². The Kier molecular flexibility index (Phi) is 6.83. The van der Waals surface area contributed by atoms with Crippen molar-refractivity contribution in [3.8, 4) is 11.5 Å². The molecule has 2 aliphatic rings. The SMILES string of the molecule is Cc1oc(-c2ccc(Cl)cc2)nc1CN1CCC(Nc2ccc(N3CCCCC3)cn2)CC1. The zero-order valence-electron chi connectivity index (χ0n) is 19.3. The van der Waals surface area contributed by atoms with Gasteiger partial charge in [0.05, 0.1) is 17.6 Å². The minimum Gasteiger partial charge on any atom is -0.441 e. The second-order valence-electron chi connectivity index (χ2n) is 9.17. The van der Waals surface area contributed by atoms with E-state index < -0.39 is 0 Å². The Bertz CT molecular complexity index is 1040. The molecule has 0 bridgehead atoms. The number of likely N-dealkylation sites (tertiary alicyclic amines) is 1. The summed E-state index contributed by atoms with van der Waals surface area (Å²) in [4.78, 5) is 14.3. The summed E-state index contributed by atoms with van der Waals surface area (Å²) in [5, 5.41) is 4.35. The highest BCUT2D eigenvalue weighted by Crippen LogP contribution is 2.26. The number of nitrogens with one attached hydrogen (secondary N) is 1. The summed E-state index contributed by atoms with van der Waals surface area (Å²) < 4.78 is 5.93. The van der Waals surface area contributed by atoms with Crippen molar-refractivity contribution >= 4 is 23.1 Å². The van der Waals surface area contributed by atoms with Crippen molar-refractivity contribution in [1.29, 1.82) is 0 Å². The molecular formula is C26H32ClN5O. The second-order valence-corrected chi connectivity index (χ2v) is 9.61. The van der Waals surface area contributed by atoms with E-state index in [1.165, 1.54) is 24.9 Å². The zero-order valence-corrected chi connectivity index (χ0v) is 20.0. The van der Waals surface area contributed by atoms with Crippen LogP contribution in [0.15, 0.2) is 47.0 Å². The number of anilines is 2. The number of benzene rings is 1. The fourth-order valence-electron chi connectivity index (χ4n) is 4.76. The van der Waals surface area contributed by atoms with Crippen LogP contribution in [0.2, 0.25) is 5.02 Å². The van der Waals surface area contributed by atoms with E-state index in [0.29, 0.717) is 17.0 Å². The quantitative estimate of drug-likeness (QED) is 0.499. The summed E-state index contributed by atoms with van der Waals surface area (Å²) in [6.45, 7) is 7.18. The molecule has 2 aromatic heterocycles. The van der Waals surface area contributed by atoms with Crippen LogP contribution in [0.4, 0.5) is 11.5 Å². The molecule has 1 aromatic carbocycles. The van der Waals surface area contributed by atoms with Crippen LogP contribution in [0.25, 0.3) is 11.5 Å². The van der Waals surface area contributed by atoms with Gasteiger partial charge in [-0.1, -0.05) is 11.6 Å².